The van der Waals surface area contributed by atoms with Gasteiger partial charge in [0.25, 0.3) is 0 Å². The van der Waals surface area contributed by atoms with E-state index in [9.17, 15) is 4.79 Å². The second-order valence-corrected chi connectivity index (χ2v) is 7.06. The highest BCUT2D eigenvalue weighted by Gasteiger charge is 2.29. The Morgan fingerprint density at radius 2 is 1.60 bits per heavy atom. The van der Waals surface area contributed by atoms with Crippen LogP contribution >= 0.6 is 0 Å². The lowest BCUT2D eigenvalue weighted by molar-refractivity contribution is -0.117. The maximum Gasteiger partial charge on any atom is 0.227 e. The summed E-state index contributed by atoms with van der Waals surface area (Å²) in [4.78, 5) is 16.8. The van der Waals surface area contributed by atoms with Crippen molar-refractivity contribution in [2.45, 2.75) is 19.4 Å². The molecule has 4 rings (SSSR count). The van der Waals surface area contributed by atoms with Gasteiger partial charge in [-0.25, -0.2) is 0 Å². The van der Waals surface area contributed by atoms with Crippen molar-refractivity contribution in [2.24, 2.45) is 5.92 Å². The van der Waals surface area contributed by atoms with Gasteiger partial charge < -0.3 is 10.2 Å². The van der Waals surface area contributed by atoms with Crippen LogP contribution in [-0.4, -0.2) is 37.0 Å². The van der Waals surface area contributed by atoms with Gasteiger partial charge in [-0.3, -0.25) is 9.69 Å². The number of hydrogen-bond donors (Lipinski definition) is 1. The minimum absolute atomic E-state index is 0.169. The van der Waals surface area contributed by atoms with E-state index in [1.54, 1.807) is 0 Å². The summed E-state index contributed by atoms with van der Waals surface area (Å²) in [5.74, 6) is 0.416. The van der Waals surface area contributed by atoms with Crippen LogP contribution in [-0.2, 0) is 11.3 Å². The molecule has 1 N–H and O–H groups in total. The summed E-state index contributed by atoms with van der Waals surface area (Å²) in [6.45, 7) is 5.27. The molecule has 1 heterocycles. The Bertz CT molecular complexity index is 702. The molecule has 1 saturated carbocycles. The zero-order chi connectivity index (χ0) is 17.1. The molecule has 2 aromatic carbocycles. The smallest absolute Gasteiger partial charge is 0.227 e. The molecule has 0 atom stereocenters. The Hall–Kier alpha value is -2.33. The van der Waals surface area contributed by atoms with Crippen LogP contribution < -0.4 is 10.2 Å². The van der Waals surface area contributed by atoms with Gasteiger partial charge in [0.1, 0.15) is 0 Å². The standard InChI is InChI=1S/C21H25N3O/c25-21(18-6-7-18)22-19-8-10-20(11-9-19)24-14-12-23(13-15-24)16-17-4-2-1-3-5-17/h1-5,8-11,18H,6-7,12-16H2,(H,22,25). The van der Waals surface area contributed by atoms with Crippen LogP contribution in [0.15, 0.2) is 54.6 Å². The van der Waals surface area contributed by atoms with Gasteiger partial charge in [0.15, 0.2) is 0 Å². The monoisotopic (exact) mass is 335 g/mol. The van der Waals surface area contributed by atoms with Gasteiger partial charge in [-0.05, 0) is 42.7 Å². The maximum atomic E-state index is 11.8. The number of amides is 1. The molecule has 4 nitrogen and oxygen atoms in total. The quantitative estimate of drug-likeness (QED) is 0.910. The number of anilines is 2. The van der Waals surface area contributed by atoms with Crippen molar-refractivity contribution in [3.8, 4) is 0 Å². The normalized spacial score (nSPS) is 18.2. The molecular formula is C21H25N3O. The van der Waals surface area contributed by atoms with Gasteiger partial charge in [-0.1, -0.05) is 30.3 Å². The van der Waals surface area contributed by atoms with E-state index in [0.29, 0.717) is 0 Å². The second-order valence-electron chi connectivity index (χ2n) is 7.06. The molecule has 130 valence electrons. The number of carbonyl (C=O) groups is 1. The first-order valence-electron chi connectivity index (χ1n) is 9.20. The van der Waals surface area contributed by atoms with Crippen molar-refractivity contribution >= 4 is 17.3 Å². The van der Waals surface area contributed by atoms with Crippen LogP contribution in [0.5, 0.6) is 0 Å². The Balaban J connectivity index is 1.29. The lowest BCUT2D eigenvalue weighted by Gasteiger charge is -2.36. The Kier molecular flexibility index (Phi) is 4.70. The third kappa shape index (κ3) is 4.20. The molecule has 2 fully saturated rings. The largest absolute Gasteiger partial charge is 0.369 e. The van der Waals surface area contributed by atoms with Crippen LogP contribution in [0.4, 0.5) is 11.4 Å². The first kappa shape index (κ1) is 16.2. The van der Waals surface area contributed by atoms with Crippen molar-refractivity contribution in [3.05, 3.63) is 60.2 Å². The van der Waals surface area contributed by atoms with E-state index in [1.807, 2.05) is 12.1 Å². The van der Waals surface area contributed by atoms with Gasteiger partial charge in [-0.15, -0.1) is 0 Å². The highest BCUT2D eigenvalue weighted by molar-refractivity contribution is 5.94. The second kappa shape index (κ2) is 7.28. The Labute approximate surface area is 149 Å². The fraction of sp³-hybridized carbons (Fsp3) is 0.381. The summed E-state index contributed by atoms with van der Waals surface area (Å²) in [7, 11) is 0. The fourth-order valence-corrected chi connectivity index (χ4v) is 3.35. The van der Waals surface area contributed by atoms with Crippen molar-refractivity contribution < 1.29 is 4.79 Å². The Morgan fingerprint density at radius 1 is 0.920 bits per heavy atom. The highest BCUT2D eigenvalue weighted by atomic mass is 16.2. The number of piperazine rings is 1. The molecule has 0 aromatic heterocycles. The van der Waals surface area contributed by atoms with Gasteiger partial charge in [0.2, 0.25) is 5.91 Å². The van der Waals surface area contributed by atoms with E-state index < -0.39 is 0 Å². The molecule has 1 aliphatic heterocycles. The van der Waals surface area contributed by atoms with Crippen LogP contribution in [0.3, 0.4) is 0 Å². The van der Waals surface area contributed by atoms with Gasteiger partial charge in [-0.2, -0.15) is 0 Å². The summed E-state index contributed by atoms with van der Waals surface area (Å²) in [6, 6.07) is 19.0. The molecule has 0 radical (unpaired) electrons. The van der Waals surface area contributed by atoms with Gasteiger partial charge >= 0.3 is 0 Å². The lowest BCUT2D eigenvalue weighted by Crippen LogP contribution is -2.45. The van der Waals surface area contributed by atoms with Crippen molar-refractivity contribution in [3.63, 3.8) is 0 Å². The fourth-order valence-electron chi connectivity index (χ4n) is 3.35. The maximum absolute atomic E-state index is 11.8. The summed E-state index contributed by atoms with van der Waals surface area (Å²) in [5.41, 5.74) is 3.53. The number of benzene rings is 2. The van der Waals surface area contributed by atoms with E-state index in [-0.39, 0.29) is 11.8 Å². The average molecular weight is 335 g/mol. The molecule has 4 heteroatoms. The summed E-state index contributed by atoms with van der Waals surface area (Å²) < 4.78 is 0. The van der Waals surface area contributed by atoms with Crippen molar-refractivity contribution in [2.75, 3.05) is 36.4 Å². The van der Waals surface area contributed by atoms with E-state index in [1.165, 1.54) is 11.3 Å². The minimum Gasteiger partial charge on any atom is -0.369 e. The number of nitrogens with zero attached hydrogens (tertiary/aromatic N) is 2. The topological polar surface area (TPSA) is 35.6 Å². The summed E-state index contributed by atoms with van der Waals surface area (Å²) in [5, 5.41) is 3.00. The molecule has 2 aliphatic rings. The lowest BCUT2D eigenvalue weighted by atomic mass is 10.2. The van der Waals surface area contributed by atoms with E-state index >= 15 is 0 Å². The zero-order valence-corrected chi connectivity index (χ0v) is 14.5. The molecular weight excluding hydrogens is 310 g/mol. The molecule has 25 heavy (non-hydrogen) atoms. The number of nitrogens with one attached hydrogen (secondary N) is 1. The summed E-state index contributed by atoms with van der Waals surface area (Å²) >= 11 is 0. The molecule has 2 aromatic rings. The number of carbonyl (C=O) groups excluding carboxylic acids is 1. The number of rotatable bonds is 5. The molecule has 1 amide bonds. The zero-order valence-electron chi connectivity index (χ0n) is 14.5. The van der Waals surface area contributed by atoms with Gasteiger partial charge in [0.05, 0.1) is 0 Å². The molecule has 1 aliphatic carbocycles. The predicted molar refractivity (Wildman–Crippen MR) is 102 cm³/mol. The minimum atomic E-state index is 0.169. The first-order valence-corrected chi connectivity index (χ1v) is 9.20. The van der Waals surface area contributed by atoms with Crippen LogP contribution in [0, 0.1) is 5.92 Å². The van der Waals surface area contributed by atoms with E-state index in [2.05, 4.69) is 57.6 Å². The van der Waals surface area contributed by atoms with Crippen LogP contribution in [0.25, 0.3) is 0 Å². The summed E-state index contributed by atoms with van der Waals surface area (Å²) in [6.07, 6.45) is 2.08. The highest BCUT2D eigenvalue weighted by Crippen LogP contribution is 2.30. The average Bonchev–Trinajstić information content (AvgIpc) is 3.49. The SMILES string of the molecule is O=C(Nc1ccc(N2CCN(Cc3ccccc3)CC2)cc1)C1CC1. The van der Waals surface area contributed by atoms with Crippen molar-refractivity contribution in [1.29, 1.82) is 0 Å². The molecule has 1 saturated heterocycles. The number of hydrogen-bond acceptors (Lipinski definition) is 3. The van der Waals surface area contributed by atoms with Gasteiger partial charge in [0, 0.05) is 50.0 Å². The Morgan fingerprint density at radius 3 is 2.24 bits per heavy atom. The molecule has 0 unspecified atom stereocenters. The third-order valence-corrected chi connectivity index (χ3v) is 5.07. The molecule has 0 spiro atoms. The van der Waals surface area contributed by atoms with E-state index in [4.69, 9.17) is 0 Å². The first-order chi connectivity index (χ1) is 12.3. The van der Waals surface area contributed by atoms with Crippen LogP contribution in [0.2, 0.25) is 0 Å². The van der Waals surface area contributed by atoms with Crippen LogP contribution in [0.1, 0.15) is 18.4 Å². The van der Waals surface area contributed by atoms with E-state index in [0.717, 1.165) is 51.3 Å². The molecule has 0 bridgehead atoms. The predicted octanol–water partition coefficient (Wildman–Crippen LogP) is 3.36. The van der Waals surface area contributed by atoms with Crippen molar-refractivity contribution in [1.82, 2.24) is 4.90 Å². The third-order valence-electron chi connectivity index (χ3n) is 5.07.